The van der Waals surface area contributed by atoms with E-state index in [1.165, 1.54) is 0 Å². The Hall–Kier alpha value is -1.81. The zero-order chi connectivity index (χ0) is 14.5. The molecule has 0 spiro atoms. The van der Waals surface area contributed by atoms with Crippen LogP contribution in [0, 0.1) is 5.92 Å². The van der Waals surface area contributed by atoms with Crippen LogP contribution in [0.15, 0.2) is 30.5 Å². The van der Waals surface area contributed by atoms with Crippen LogP contribution in [0.3, 0.4) is 0 Å². The van der Waals surface area contributed by atoms with Gasteiger partial charge < -0.3 is 15.4 Å². The van der Waals surface area contributed by atoms with Crippen molar-refractivity contribution in [2.75, 3.05) is 6.54 Å². The molecule has 0 radical (unpaired) electrons. The predicted molar refractivity (Wildman–Crippen MR) is 80.7 cm³/mol. The minimum atomic E-state index is -0.487. The molecule has 0 bridgehead atoms. The van der Waals surface area contributed by atoms with Crippen molar-refractivity contribution in [2.24, 2.45) is 5.92 Å². The van der Waals surface area contributed by atoms with E-state index < -0.39 is 6.10 Å². The summed E-state index contributed by atoms with van der Waals surface area (Å²) in [4.78, 5) is 15.3. The first kappa shape index (κ1) is 14.6. The van der Waals surface area contributed by atoms with Crippen LogP contribution >= 0.6 is 0 Å². The summed E-state index contributed by atoms with van der Waals surface area (Å²) in [5, 5.41) is 13.8. The van der Waals surface area contributed by atoms with Gasteiger partial charge in [-0.2, -0.15) is 0 Å². The van der Waals surface area contributed by atoms with Gasteiger partial charge in [0, 0.05) is 29.2 Å². The van der Waals surface area contributed by atoms with Crippen LogP contribution in [-0.4, -0.2) is 28.6 Å². The third-order valence-electron chi connectivity index (χ3n) is 3.90. The Morgan fingerprint density at radius 3 is 2.75 bits per heavy atom. The number of carbonyl (C=O) groups excluding carboxylic acids is 1. The van der Waals surface area contributed by atoms with Gasteiger partial charge in [0.15, 0.2) is 0 Å². The molecule has 1 atom stereocenters. The van der Waals surface area contributed by atoms with Crippen LogP contribution in [0.4, 0.5) is 0 Å². The summed E-state index contributed by atoms with van der Waals surface area (Å²) >= 11 is 0. The van der Waals surface area contributed by atoms with Crippen molar-refractivity contribution in [1.29, 1.82) is 0 Å². The molecule has 20 heavy (non-hydrogen) atoms. The first-order valence-electron chi connectivity index (χ1n) is 7.19. The highest BCUT2D eigenvalue weighted by molar-refractivity contribution is 6.06. The quantitative estimate of drug-likeness (QED) is 0.758. The van der Waals surface area contributed by atoms with Crippen LogP contribution in [0.25, 0.3) is 10.9 Å². The second-order valence-electron chi connectivity index (χ2n) is 5.10. The smallest absolute Gasteiger partial charge is 0.252 e. The third kappa shape index (κ3) is 3.02. The van der Waals surface area contributed by atoms with E-state index in [0.29, 0.717) is 12.1 Å². The van der Waals surface area contributed by atoms with Crippen LogP contribution in [-0.2, 0) is 0 Å². The van der Waals surface area contributed by atoms with Crippen molar-refractivity contribution >= 4 is 16.8 Å². The normalized spacial score (nSPS) is 12.8. The van der Waals surface area contributed by atoms with Gasteiger partial charge in [-0.15, -0.1) is 0 Å². The molecule has 0 saturated carbocycles. The Balaban J connectivity index is 2.04. The van der Waals surface area contributed by atoms with Gasteiger partial charge in [-0.25, -0.2) is 0 Å². The number of hydrogen-bond acceptors (Lipinski definition) is 2. The van der Waals surface area contributed by atoms with Crippen molar-refractivity contribution in [3.05, 3.63) is 36.0 Å². The number of H-pyrrole nitrogens is 1. The summed E-state index contributed by atoms with van der Waals surface area (Å²) in [6, 6.07) is 7.48. The summed E-state index contributed by atoms with van der Waals surface area (Å²) < 4.78 is 0. The fourth-order valence-corrected chi connectivity index (χ4v) is 2.58. The van der Waals surface area contributed by atoms with Crippen LogP contribution in [0.5, 0.6) is 0 Å². The monoisotopic (exact) mass is 274 g/mol. The Morgan fingerprint density at radius 2 is 2.05 bits per heavy atom. The summed E-state index contributed by atoms with van der Waals surface area (Å²) in [6.45, 7) is 4.41. The lowest BCUT2D eigenvalue weighted by Crippen LogP contribution is -2.36. The molecule has 0 saturated heterocycles. The number of aromatic nitrogens is 1. The van der Waals surface area contributed by atoms with E-state index >= 15 is 0 Å². The van der Waals surface area contributed by atoms with Crippen molar-refractivity contribution in [3.63, 3.8) is 0 Å². The zero-order valence-corrected chi connectivity index (χ0v) is 12.0. The molecule has 2 rings (SSSR count). The average molecular weight is 274 g/mol. The van der Waals surface area contributed by atoms with Gasteiger partial charge in [-0.1, -0.05) is 32.8 Å². The van der Waals surface area contributed by atoms with Crippen molar-refractivity contribution < 1.29 is 9.90 Å². The van der Waals surface area contributed by atoms with E-state index in [-0.39, 0.29) is 11.8 Å². The lowest BCUT2D eigenvalue weighted by molar-refractivity contribution is 0.0818. The molecule has 0 aliphatic heterocycles. The largest absolute Gasteiger partial charge is 0.391 e. The van der Waals surface area contributed by atoms with Gasteiger partial charge in [-0.3, -0.25) is 4.79 Å². The molecule has 3 N–H and O–H groups in total. The Morgan fingerprint density at radius 1 is 1.30 bits per heavy atom. The predicted octanol–water partition coefficient (Wildman–Crippen LogP) is 2.69. The number of aliphatic hydroxyl groups is 1. The molecular formula is C16H22N2O2. The van der Waals surface area contributed by atoms with Crippen LogP contribution in [0.2, 0.25) is 0 Å². The molecule has 0 fully saturated rings. The number of fused-ring (bicyclic) bond motifs is 1. The number of aromatic amines is 1. The van der Waals surface area contributed by atoms with E-state index in [0.717, 1.165) is 23.7 Å². The Kier molecular flexibility index (Phi) is 4.79. The number of nitrogens with one attached hydrogen (secondary N) is 2. The Labute approximate surface area is 119 Å². The number of hydrogen-bond donors (Lipinski definition) is 3. The summed E-state index contributed by atoms with van der Waals surface area (Å²) in [7, 11) is 0. The lowest BCUT2D eigenvalue weighted by atomic mass is 9.96. The highest BCUT2D eigenvalue weighted by Gasteiger charge is 2.17. The molecule has 1 aromatic carbocycles. The van der Waals surface area contributed by atoms with Gasteiger partial charge in [-0.05, 0) is 24.1 Å². The van der Waals surface area contributed by atoms with Gasteiger partial charge in [0.25, 0.3) is 5.91 Å². The molecule has 1 unspecified atom stereocenters. The molecule has 0 aliphatic rings. The highest BCUT2D eigenvalue weighted by Crippen LogP contribution is 2.17. The fraction of sp³-hybridized carbons (Fsp3) is 0.438. The third-order valence-corrected chi connectivity index (χ3v) is 3.90. The fourth-order valence-electron chi connectivity index (χ4n) is 2.58. The SMILES string of the molecule is CCC(CC)C(O)CNC(=O)c1cccc2[nH]ccc12. The second kappa shape index (κ2) is 6.57. The van der Waals surface area contributed by atoms with E-state index in [9.17, 15) is 9.90 Å². The summed E-state index contributed by atoms with van der Waals surface area (Å²) in [5.74, 6) is 0.0959. The van der Waals surface area contributed by atoms with E-state index in [2.05, 4.69) is 24.1 Å². The number of benzene rings is 1. The molecule has 0 aliphatic carbocycles. The zero-order valence-electron chi connectivity index (χ0n) is 12.0. The first-order chi connectivity index (χ1) is 9.67. The van der Waals surface area contributed by atoms with Crippen LogP contribution < -0.4 is 5.32 Å². The van der Waals surface area contributed by atoms with Crippen molar-refractivity contribution in [1.82, 2.24) is 10.3 Å². The van der Waals surface area contributed by atoms with E-state index in [1.54, 1.807) is 6.07 Å². The lowest BCUT2D eigenvalue weighted by Gasteiger charge is -2.20. The van der Waals surface area contributed by atoms with Gasteiger partial charge in [0.05, 0.1) is 6.10 Å². The number of aliphatic hydroxyl groups excluding tert-OH is 1. The molecular weight excluding hydrogens is 252 g/mol. The van der Waals surface area contributed by atoms with Crippen LogP contribution in [0.1, 0.15) is 37.0 Å². The summed E-state index contributed by atoms with van der Waals surface area (Å²) in [5.41, 5.74) is 1.58. The number of amides is 1. The number of carbonyl (C=O) groups is 1. The Bertz CT molecular complexity index is 573. The van der Waals surface area contributed by atoms with Gasteiger partial charge >= 0.3 is 0 Å². The maximum absolute atomic E-state index is 12.2. The minimum absolute atomic E-state index is 0.139. The first-order valence-corrected chi connectivity index (χ1v) is 7.19. The standard InChI is InChI=1S/C16H22N2O2/c1-3-11(4-2)15(19)10-18-16(20)13-6-5-7-14-12(13)8-9-17-14/h5-9,11,15,17,19H,3-4,10H2,1-2H3,(H,18,20). The molecule has 2 aromatic rings. The van der Waals surface area contributed by atoms with E-state index in [4.69, 9.17) is 0 Å². The molecule has 1 aromatic heterocycles. The van der Waals surface area contributed by atoms with Gasteiger partial charge in [0.2, 0.25) is 0 Å². The van der Waals surface area contributed by atoms with Gasteiger partial charge in [0.1, 0.15) is 0 Å². The average Bonchev–Trinajstić information content (AvgIpc) is 2.94. The molecule has 1 heterocycles. The van der Waals surface area contributed by atoms with Crippen molar-refractivity contribution in [2.45, 2.75) is 32.8 Å². The minimum Gasteiger partial charge on any atom is -0.391 e. The molecule has 108 valence electrons. The summed E-state index contributed by atoms with van der Waals surface area (Å²) in [6.07, 6.45) is 3.17. The molecule has 4 nitrogen and oxygen atoms in total. The van der Waals surface area contributed by atoms with E-state index in [1.807, 2.05) is 24.4 Å². The van der Waals surface area contributed by atoms with Crippen molar-refractivity contribution in [3.8, 4) is 0 Å². The topological polar surface area (TPSA) is 65.1 Å². The maximum Gasteiger partial charge on any atom is 0.252 e. The second-order valence-corrected chi connectivity index (χ2v) is 5.10. The maximum atomic E-state index is 12.2. The number of rotatable bonds is 6. The highest BCUT2D eigenvalue weighted by atomic mass is 16.3. The molecule has 1 amide bonds. The molecule has 4 heteroatoms.